The van der Waals surface area contributed by atoms with Gasteiger partial charge in [0.1, 0.15) is 0 Å². The molecule has 2 heteroatoms. The number of hydrogen-bond acceptors (Lipinski definition) is 1. The van der Waals surface area contributed by atoms with Crippen LogP contribution in [0.1, 0.15) is 0 Å². The van der Waals surface area contributed by atoms with Crippen LogP contribution in [0.3, 0.4) is 0 Å². The summed E-state index contributed by atoms with van der Waals surface area (Å²) in [5.41, 5.74) is 5.04. The molecular weight excluding hydrogens is 81.0 g/mol. The van der Waals surface area contributed by atoms with Crippen LogP contribution in [0.25, 0.3) is 0 Å². The van der Waals surface area contributed by atoms with Gasteiger partial charge in [-0.25, -0.2) is 0 Å². The molecule has 0 saturated carbocycles. The fraction of sp³-hybridized carbons (Fsp3) is 0.333. The zero-order valence-electron chi connectivity index (χ0n) is 3.02. The Hall–Kier alpha value is 0.130. The molecule has 1 atom stereocenters. The fourth-order valence-electron chi connectivity index (χ4n) is 0.0786. The molecule has 0 amide bonds. The van der Waals surface area contributed by atoms with Crippen molar-refractivity contribution in [2.75, 3.05) is 6.54 Å². The predicted molar refractivity (Wildman–Crippen MR) is 27.9 cm³/mol. The van der Waals surface area contributed by atoms with Crippen molar-refractivity contribution in [3.63, 3.8) is 0 Å². The van der Waals surface area contributed by atoms with Crippen molar-refractivity contribution in [2.45, 2.75) is 0 Å². The summed E-state index contributed by atoms with van der Waals surface area (Å²) in [6, 6.07) is 0. The molecule has 0 fully saturated rings. The maximum atomic E-state index is 5.04. The first-order chi connectivity index (χ1) is 2.41. The molecule has 0 bridgehead atoms. The summed E-state index contributed by atoms with van der Waals surface area (Å²) in [6.45, 7) is 0.642. The van der Waals surface area contributed by atoms with Crippen LogP contribution in [0.2, 0.25) is 0 Å². The highest BCUT2D eigenvalue weighted by Crippen LogP contribution is 1.77. The third kappa shape index (κ3) is 4.13. The minimum atomic E-state index is 0.642. The Morgan fingerprint density at radius 3 is 2.40 bits per heavy atom. The Morgan fingerprint density at radius 2 is 2.40 bits per heavy atom. The molecule has 2 N–H and O–H groups in total. The van der Waals surface area contributed by atoms with Gasteiger partial charge in [-0.2, -0.15) is 0 Å². The van der Waals surface area contributed by atoms with E-state index < -0.39 is 0 Å². The quantitative estimate of drug-likeness (QED) is 0.460. The van der Waals surface area contributed by atoms with Crippen molar-refractivity contribution in [1.29, 1.82) is 0 Å². The topological polar surface area (TPSA) is 26.0 Å². The Labute approximate surface area is 34.4 Å². The highest BCUT2D eigenvalue weighted by atomic mass is 31.0. The minimum Gasteiger partial charge on any atom is -0.327 e. The Morgan fingerprint density at radius 1 is 1.80 bits per heavy atom. The lowest BCUT2D eigenvalue weighted by Gasteiger charge is -1.67. The average Bonchev–Trinajstić information content (AvgIpc) is 1.41. The largest absolute Gasteiger partial charge is 0.327 e. The zero-order valence-corrected chi connectivity index (χ0v) is 4.17. The molecule has 1 unspecified atom stereocenters. The van der Waals surface area contributed by atoms with Crippen molar-refractivity contribution < 1.29 is 0 Å². The third-order valence-electron chi connectivity index (χ3n) is 0.272. The second-order valence-electron chi connectivity index (χ2n) is 0.664. The molecule has 5 heavy (non-hydrogen) atoms. The average molecular weight is 89.1 g/mol. The van der Waals surface area contributed by atoms with Gasteiger partial charge in [0.15, 0.2) is 0 Å². The number of hydrogen-bond donors (Lipinski definition) is 1. The van der Waals surface area contributed by atoms with Crippen LogP contribution in [-0.4, -0.2) is 6.54 Å². The van der Waals surface area contributed by atoms with Crippen molar-refractivity contribution >= 4 is 9.24 Å². The molecule has 0 aliphatic rings. The molecule has 0 aromatic heterocycles. The van der Waals surface area contributed by atoms with E-state index in [0.717, 1.165) is 0 Å². The molecule has 0 saturated heterocycles. The van der Waals surface area contributed by atoms with E-state index in [1.54, 1.807) is 0 Å². The maximum absolute atomic E-state index is 5.04. The second-order valence-corrected chi connectivity index (χ2v) is 1.05. The van der Waals surface area contributed by atoms with E-state index in [1.165, 1.54) is 0 Å². The number of nitrogens with two attached hydrogens (primary N) is 1. The third-order valence-corrected chi connectivity index (χ3v) is 0.544. The highest BCUT2D eigenvalue weighted by molar-refractivity contribution is 7.20. The summed E-state index contributed by atoms with van der Waals surface area (Å²) < 4.78 is 0. The van der Waals surface area contributed by atoms with Crippen molar-refractivity contribution in [2.24, 2.45) is 5.73 Å². The first kappa shape index (κ1) is 5.13. The molecule has 0 aromatic carbocycles. The standard InChI is InChI=1S/C3H8NP/c4-2-1-3-5/h1,3H,2,4-5H2. The van der Waals surface area contributed by atoms with Gasteiger partial charge in [-0.1, -0.05) is 11.9 Å². The van der Waals surface area contributed by atoms with Crippen molar-refractivity contribution in [3.8, 4) is 0 Å². The molecule has 0 aliphatic carbocycles. The van der Waals surface area contributed by atoms with Gasteiger partial charge in [-0.05, 0) is 0 Å². The Bertz CT molecular complexity index is 33.9. The van der Waals surface area contributed by atoms with Gasteiger partial charge in [0, 0.05) is 6.54 Å². The molecule has 0 heterocycles. The Balaban J connectivity index is 2.62. The molecular formula is C3H8NP. The van der Waals surface area contributed by atoms with E-state index in [2.05, 4.69) is 9.24 Å². The van der Waals surface area contributed by atoms with Gasteiger partial charge in [0.2, 0.25) is 0 Å². The lowest BCUT2D eigenvalue weighted by Crippen LogP contribution is -1.90. The van der Waals surface area contributed by atoms with Crippen LogP contribution in [0, 0.1) is 0 Å². The van der Waals surface area contributed by atoms with Crippen LogP contribution in [0.4, 0.5) is 0 Å². The maximum Gasteiger partial charge on any atom is 0.0110 e. The van der Waals surface area contributed by atoms with Gasteiger partial charge < -0.3 is 5.73 Å². The van der Waals surface area contributed by atoms with Crippen molar-refractivity contribution in [3.05, 3.63) is 11.9 Å². The van der Waals surface area contributed by atoms with E-state index in [1.807, 2.05) is 11.9 Å². The lowest BCUT2D eigenvalue weighted by atomic mass is 10.7. The molecule has 0 radical (unpaired) electrons. The van der Waals surface area contributed by atoms with E-state index in [9.17, 15) is 0 Å². The second kappa shape index (κ2) is 4.13. The summed E-state index contributed by atoms with van der Waals surface area (Å²) in [4.78, 5) is 0. The molecule has 0 rings (SSSR count). The first-order valence-corrected chi connectivity index (χ1v) is 2.15. The summed E-state index contributed by atoms with van der Waals surface area (Å²) >= 11 is 0. The highest BCUT2D eigenvalue weighted by Gasteiger charge is 1.51. The van der Waals surface area contributed by atoms with Crippen LogP contribution < -0.4 is 5.73 Å². The molecule has 0 aliphatic heterocycles. The molecule has 0 aromatic rings. The van der Waals surface area contributed by atoms with Crippen LogP contribution in [0.5, 0.6) is 0 Å². The Kier molecular flexibility index (Phi) is 4.24. The van der Waals surface area contributed by atoms with E-state index >= 15 is 0 Å². The van der Waals surface area contributed by atoms with Gasteiger partial charge in [-0.3, -0.25) is 0 Å². The fourth-order valence-corrected chi connectivity index (χ4v) is 0.236. The summed E-state index contributed by atoms with van der Waals surface area (Å²) in [7, 11) is 2.44. The zero-order chi connectivity index (χ0) is 4.12. The van der Waals surface area contributed by atoms with E-state index in [0.29, 0.717) is 6.54 Å². The summed E-state index contributed by atoms with van der Waals surface area (Å²) in [6.07, 6.45) is 1.87. The number of rotatable bonds is 1. The smallest absolute Gasteiger partial charge is 0.0110 e. The van der Waals surface area contributed by atoms with Crippen LogP contribution >= 0.6 is 9.24 Å². The van der Waals surface area contributed by atoms with Gasteiger partial charge in [0.05, 0.1) is 0 Å². The molecule has 30 valence electrons. The SMILES string of the molecule is NCC=CP. The summed E-state index contributed by atoms with van der Waals surface area (Å²) in [5.74, 6) is 1.85. The predicted octanol–water partition coefficient (Wildman–Crippen LogP) is 0.334. The van der Waals surface area contributed by atoms with Crippen molar-refractivity contribution in [1.82, 2.24) is 0 Å². The van der Waals surface area contributed by atoms with Crippen LogP contribution in [-0.2, 0) is 0 Å². The normalized spacial score (nSPS) is 10.0. The van der Waals surface area contributed by atoms with E-state index in [4.69, 9.17) is 5.73 Å². The van der Waals surface area contributed by atoms with Gasteiger partial charge in [-0.15, -0.1) is 9.24 Å². The first-order valence-electron chi connectivity index (χ1n) is 1.48. The minimum absolute atomic E-state index is 0.642. The summed E-state index contributed by atoms with van der Waals surface area (Å²) in [5, 5.41) is 0. The van der Waals surface area contributed by atoms with Gasteiger partial charge in [0.25, 0.3) is 0 Å². The molecule has 1 nitrogen and oxygen atoms in total. The molecule has 0 spiro atoms. The monoisotopic (exact) mass is 89.0 g/mol. The van der Waals surface area contributed by atoms with Gasteiger partial charge >= 0.3 is 0 Å². The lowest BCUT2D eigenvalue weighted by molar-refractivity contribution is 1.26. The van der Waals surface area contributed by atoms with E-state index in [-0.39, 0.29) is 0 Å². The van der Waals surface area contributed by atoms with Crippen LogP contribution in [0.15, 0.2) is 11.9 Å².